The van der Waals surface area contributed by atoms with E-state index in [1.165, 1.54) is 0 Å². The van der Waals surface area contributed by atoms with E-state index in [-0.39, 0.29) is 0 Å². The van der Waals surface area contributed by atoms with E-state index in [0.29, 0.717) is 0 Å². The predicted molar refractivity (Wildman–Crippen MR) is 35.6 cm³/mol. The molecule has 0 bridgehead atoms. The van der Waals surface area contributed by atoms with Crippen LogP contribution in [0.25, 0.3) is 0 Å². The highest BCUT2D eigenvalue weighted by Crippen LogP contribution is 2.03. The Kier molecular flexibility index (Phi) is 3.01. The third-order valence-electron chi connectivity index (χ3n) is 0.968. The summed E-state index contributed by atoms with van der Waals surface area (Å²) in [4.78, 5) is 0. The zero-order valence-electron chi connectivity index (χ0n) is 5.69. The molecule has 0 aromatic heterocycles. The van der Waals surface area contributed by atoms with Gasteiger partial charge in [0.2, 0.25) is 0 Å². The van der Waals surface area contributed by atoms with Crippen molar-refractivity contribution in [2.75, 3.05) is 7.11 Å². The van der Waals surface area contributed by atoms with Crippen LogP contribution in [0.4, 0.5) is 0 Å². The SMILES string of the molecule is C=C(C)/C(C)=C\OC. The summed E-state index contributed by atoms with van der Waals surface area (Å²) in [5, 5.41) is 0. The molecule has 1 heteroatoms. The molecule has 0 saturated carbocycles. The van der Waals surface area contributed by atoms with Gasteiger partial charge in [0.1, 0.15) is 0 Å². The lowest BCUT2D eigenvalue weighted by atomic mass is 10.2. The first-order valence-corrected chi connectivity index (χ1v) is 2.54. The Bertz CT molecular complexity index is 112. The third-order valence-corrected chi connectivity index (χ3v) is 0.968. The first-order valence-electron chi connectivity index (χ1n) is 2.54. The summed E-state index contributed by atoms with van der Waals surface area (Å²) in [5.41, 5.74) is 2.14. The summed E-state index contributed by atoms with van der Waals surface area (Å²) in [7, 11) is 1.63. The van der Waals surface area contributed by atoms with Crippen LogP contribution in [-0.2, 0) is 4.74 Å². The van der Waals surface area contributed by atoms with E-state index in [2.05, 4.69) is 6.58 Å². The lowest BCUT2D eigenvalue weighted by molar-refractivity contribution is 0.334. The summed E-state index contributed by atoms with van der Waals surface area (Å²) in [5.74, 6) is 0. The number of hydrogen-bond acceptors (Lipinski definition) is 1. The molecule has 0 saturated heterocycles. The molecule has 1 nitrogen and oxygen atoms in total. The van der Waals surface area contributed by atoms with Crippen molar-refractivity contribution in [3.05, 3.63) is 24.0 Å². The van der Waals surface area contributed by atoms with Crippen LogP contribution in [0.3, 0.4) is 0 Å². The molecule has 0 aliphatic heterocycles. The minimum atomic E-state index is 1.05. The van der Waals surface area contributed by atoms with Gasteiger partial charge >= 0.3 is 0 Å². The Balaban J connectivity index is 3.80. The zero-order valence-corrected chi connectivity index (χ0v) is 5.69. The molecular formula is C7H12O. The quantitative estimate of drug-likeness (QED) is 0.392. The van der Waals surface area contributed by atoms with Crippen LogP contribution in [0.2, 0.25) is 0 Å². The van der Waals surface area contributed by atoms with Crippen molar-refractivity contribution >= 4 is 0 Å². The van der Waals surface area contributed by atoms with Crippen LogP contribution in [0.5, 0.6) is 0 Å². The Morgan fingerprint density at radius 3 is 2.12 bits per heavy atom. The monoisotopic (exact) mass is 112 g/mol. The van der Waals surface area contributed by atoms with Gasteiger partial charge in [0, 0.05) is 0 Å². The van der Waals surface area contributed by atoms with Crippen molar-refractivity contribution in [3.8, 4) is 0 Å². The number of allylic oxidation sites excluding steroid dienone is 2. The molecule has 0 unspecified atom stereocenters. The van der Waals surface area contributed by atoms with Gasteiger partial charge in [0.15, 0.2) is 0 Å². The second-order valence-corrected chi connectivity index (χ2v) is 1.82. The van der Waals surface area contributed by atoms with Crippen LogP contribution in [0.1, 0.15) is 13.8 Å². The molecular weight excluding hydrogens is 100 g/mol. The van der Waals surface area contributed by atoms with Gasteiger partial charge in [0.25, 0.3) is 0 Å². The largest absolute Gasteiger partial charge is 0.504 e. The molecule has 0 rings (SSSR count). The van der Waals surface area contributed by atoms with E-state index in [1.807, 2.05) is 13.8 Å². The molecule has 0 heterocycles. The van der Waals surface area contributed by atoms with Gasteiger partial charge in [-0.05, 0) is 19.4 Å². The predicted octanol–water partition coefficient (Wildman–Crippen LogP) is 2.11. The highest BCUT2D eigenvalue weighted by Gasteiger charge is 1.85. The molecule has 0 atom stereocenters. The standard InChI is InChI=1S/C7H12O/c1-6(2)7(3)5-8-4/h5H,1H2,2-4H3/b7-5-. The van der Waals surface area contributed by atoms with Gasteiger partial charge < -0.3 is 4.74 Å². The highest BCUT2D eigenvalue weighted by atomic mass is 16.5. The van der Waals surface area contributed by atoms with Gasteiger partial charge in [-0.25, -0.2) is 0 Å². The first kappa shape index (κ1) is 7.28. The molecule has 0 aliphatic carbocycles. The van der Waals surface area contributed by atoms with Crippen molar-refractivity contribution in [2.45, 2.75) is 13.8 Å². The third kappa shape index (κ3) is 2.45. The maximum Gasteiger partial charge on any atom is 0.0856 e. The topological polar surface area (TPSA) is 9.23 Å². The molecule has 0 aliphatic rings. The fraction of sp³-hybridized carbons (Fsp3) is 0.429. The molecule has 0 aromatic carbocycles. The van der Waals surface area contributed by atoms with Crippen molar-refractivity contribution in [1.82, 2.24) is 0 Å². The van der Waals surface area contributed by atoms with E-state index in [0.717, 1.165) is 11.1 Å². The molecule has 0 N–H and O–H groups in total. The van der Waals surface area contributed by atoms with E-state index < -0.39 is 0 Å². The van der Waals surface area contributed by atoms with Gasteiger partial charge in [-0.2, -0.15) is 0 Å². The first-order chi connectivity index (χ1) is 3.68. The Morgan fingerprint density at radius 2 is 2.00 bits per heavy atom. The van der Waals surface area contributed by atoms with E-state index in [1.54, 1.807) is 13.4 Å². The van der Waals surface area contributed by atoms with E-state index in [9.17, 15) is 0 Å². The molecule has 8 heavy (non-hydrogen) atoms. The Labute approximate surface area is 50.7 Å². The zero-order chi connectivity index (χ0) is 6.57. The summed E-state index contributed by atoms with van der Waals surface area (Å²) in [6.07, 6.45) is 1.68. The molecule has 0 aromatic rings. The van der Waals surface area contributed by atoms with Crippen LogP contribution >= 0.6 is 0 Å². The molecule has 0 radical (unpaired) electrons. The molecule has 46 valence electrons. The number of hydrogen-bond donors (Lipinski definition) is 0. The normalized spacial score (nSPS) is 11.1. The van der Waals surface area contributed by atoms with Gasteiger partial charge in [-0.1, -0.05) is 12.2 Å². The molecule has 0 spiro atoms. The Morgan fingerprint density at radius 1 is 1.50 bits per heavy atom. The van der Waals surface area contributed by atoms with Crippen LogP contribution in [0.15, 0.2) is 24.0 Å². The summed E-state index contributed by atoms with van der Waals surface area (Å²) >= 11 is 0. The fourth-order valence-corrected chi connectivity index (χ4v) is 0.277. The second kappa shape index (κ2) is 3.30. The summed E-state index contributed by atoms with van der Waals surface area (Å²) in [6, 6.07) is 0. The average Bonchev–Trinajstić information content (AvgIpc) is 1.67. The summed E-state index contributed by atoms with van der Waals surface area (Å²) < 4.78 is 4.74. The van der Waals surface area contributed by atoms with E-state index in [4.69, 9.17) is 4.74 Å². The maximum atomic E-state index is 4.74. The van der Waals surface area contributed by atoms with Crippen molar-refractivity contribution in [3.63, 3.8) is 0 Å². The van der Waals surface area contributed by atoms with Crippen LogP contribution in [-0.4, -0.2) is 7.11 Å². The van der Waals surface area contributed by atoms with E-state index >= 15 is 0 Å². The van der Waals surface area contributed by atoms with Crippen molar-refractivity contribution < 1.29 is 4.74 Å². The second-order valence-electron chi connectivity index (χ2n) is 1.82. The van der Waals surface area contributed by atoms with Crippen molar-refractivity contribution in [1.29, 1.82) is 0 Å². The fourth-order valence-electron chi connectivity index (χ4n) is 0.277. The van der Waals surface area contributed by atoms with Gasteiger partial charge in [-0.3, -0.25) is 0 Å². The molecule has 0 fully saturated rings. The number of ether oxygens (including phenoxy) is 1. The lowest BCUT2D eigenvalue weighted by Gasteiger charge is -1.95. The average molecular weight is 112 g/mol. The lowest BCUT2D eigenvalue weighted by Crippen LogP contribution is -1.76. The number of rotatable bonds is 2. The van der Waals surface area contributed by atoms with Gasteiger partial charge in [-0.15, -0.1) is 0 Å². The molecule has 0 amide bonds. The minimum absolute atomic E-state index is 1.05. The van der Waals surface area contributed by atoms with Crippen LogP contribution in [0, 0.1) is 0 Å². The smallest absolute Gasteiger partial charge is 0.0856 e. The highest BCUT2D eigenvalue weighted by molar-refractivity contribution is 5.21. The summed E-state index contributed by atoms with van der Waals surface area (Å²) in [6.45, 7) is 7.64. The minimum Gasteiger partial charge on any atom is -0.504 e. The van der Waals surface area contributed by atoms with Crippen molar-refractivity contribution in [2.24, 2.45) is 0 Å². The van der Waals surface area contributed by atoms with Crippen LogP contribution < -0.4 is 0 Å². The Hall–Kier alpha value is -0.720. The van der Waals surface area contributed by atoms with Gasteiger partial charge in [0.05, 0.1) is 13.4 Å². The number of methoxy groups -OCH3 is 1. The maximum absolute atomic E-state index is 4.74.